The van der Waals surface area contributed by atoms with E-state index in [1.54, 1.807) is 14.2 Å². The van der Waals surface area contributed by atoms with Gasteiger partial charge in [0.25, 0.3) is 0 Å². The Kier molecular flexibility index (Phi) is 13.3. The zero-order valence-corrected chi connectivity index (χ0v) is 43.3. The van der Waals surface area contributed by atoms with Crippen molar-refractivity contribution in [2.75, 3.05) is 26.9 Å². The standard InChI is InChI=1S/C31H31O3P.C31H31O2P/c1-21-25(22-13-8-6-9-14-22)19-26(23-15-10-7-11-16-23)29(33-5)28(21)24-17-12-18-27-30(24)35(32,20-34-27)31(2,3)4;1-21-25(22-13-8-6-9-14-22)19-26(23-15-10-7-11-16-23)29(32-5)28(21)24-17-12-18-27-30(24)34(20-33-27)31(2,3)4/h6-19H,20H2,1-5H3;6-19H,20H2,1-5H3/t35-;34-/m01/s1. The molecule has 2 aliphatic heterocycles. The maximum Gasteiger partial charge on any atom is 0.160 e. The van der Waals surface area contributed by atoms with Crippen LogP contribution in [-0.4, -0.2) is 37.2 Å². The van der Waals surface area contributed by atoms with Gasteiger partial charge in [-0.15, -0.1) is 0 Å². The fourth-order valence-electron chi connectivity index (χ4n) is 9.90. The van der Waals surface area contributed by atoms with Crippen LogP contribution in [-0.2, 0) is 4.57 Å². The lowest BCUT2D eigenvalue weighted by Crippen LogP contribution is -2.23. The predicted molar refractivity (Wildman–Crippen MR) is 292 cm³/mol. The molecule has 0 N–H and O–H groups in total. The molecule has 0 saturated heterocycles. The quantitative estimate of drug-likeness (QED) is 0.142. The van der Waals surface area contributed by atoms with Gasteiger partial charge in [-0.05, 0) is 101 Å². The first kappa shape index (κ1) is 47.7. The van der Waals surface area contributed by atoms with Crippen LogP contribution in [0.1, 0.15) is 52.7 Å². The van der Waals surface area contributed by atoms with E-state index in [2.05, 4.69) is 168 Å². The van der Waals surface area contributed by atoms with Crippen molar-refractivity contribution in [1.82, 2.24) is 0 Å². The molecule has 2 atom stereocenters. The molecule has 0 aliphatic carbocycles. The van der Waals surface area contributed by atoms with Crippen LogP contribution in [0.4, 0.5) is 0 Å². The summed E-state index contributed by atoms with van der Waals surface area (Å²) in [6, 6.07) is 58.9. The third-order valence-electron chi connectivity index (χ3n) is 13.6. The van der Waals surface area contributed by atoms with Crippen LogP contribution in [0.3, 0.4) is 0 Å². The average Bonchev–Trinajstić information content (AvgIpc) is 3.98. The highest BCUT2D eigenvalue weighted by Crippen LogP contribution is 2.64. The Morgan fingerprint density at radius 3 is 1.30 bits per heavy atom. The number of hydrogen-bond donors (Lipinski definition) is 0. The molecule has 8 aromatic carbocycles. The minimum atomic E-state index is -2.85. The van der Waals surface area contributed by atoms with E-state index in [0.29, 0.717) is 5.75 Å². The van der Waals surface area contributed by atoms with Crippen LogP contribution in [0.25, 0.3) is 66.8 Å². The Bertz CT molecular complexity index is 3190. The van der Waals surface area contributed by atoms with Crippen molar-refractivity contribution in [3.63, 3.8) is 0 Å². The van der Waals surface area contributed by atoms with Crippen molar-refractivity contribution in [1.29, 1.82) is 0 Å². The first-order valence-corrected chi connectivity index (χ1v) is 27.1. The number of rotatable bonds is 8. The summed E-state index contributed by atoms with van der Waals surface area (Å²) >= 11 is 0. The van der Waals surface area contributed by atoms with Crippen molar-refractivity contribution < 1.29 is 23.5 Å². The van der Waals surface area contributed by atoms with Gasteiger partial charge in [-0.3, -0.25) is 0 Å². The topological polar surface area (TPSA) is 54.0 Å². The monoisotopic (exact) mass is 948 g/mol. The summed E-state index contributed by atoms with van der Waals surface area (Å²) in [7, 11) is 0.178. The van der Waals surface area contributed by atoms with Gasteiger partial charge in [0.15, 0.2) is 7.14 Å². The smallest absolute Gasteiger partial charge is 0.160 e. The third kappa shape index (κ3) is 8.82. The summed E-state index contributed by atoms with van der Waals surface area (Å²) in [5, 5.41) is 1.92. The van der Waals surface area contributed by atoms with E-state index >= 15 is 0 Å². The summed E-state index contributed by atoms with van der Waals surface area (Å²) in [6.07, 6.45) is 1.00. The number of ether oxygens (including phenoxy) is 4. The maximum absolute atomic E-state index is 14.5. The minimum Gasteiger partial charge on any atom is -0.495 e. The SMILES string of the molecule is COc1c(-c2ccccc2)cc(-c2ccccc2)c(C)c1-c1cccc2c1[P@](=O)(C(C)(C)C)CO2.COc1c(-c2ccccc2)cc(-c2ccccc2)c(C)c1-c1cccc2c1[P@](C(C)(C)C)CO2. The van der Waals surface area contributed by atoms with Gasteiger partial charge in [0, 0.05) is 38.3 Å². The predicted octanol–water partition coefficient (Wildman–Crippen LogP) is 16.4. The van der Waals surface area contributed by atoms with Crippen LogP contribution < -0.4 is 29.6 Å². The fraction of sp³-hybridized carbons (Fsp3) is 0.226. The second kappa shape index (κ2) is 19.2. The van der Waals surface area contributed by atoms with Crippen LogP contribution in [0.15, 0.2) is 170 Å². The lowest BCUT2D eigenvalue weighted by Gasteiger charge is -2.29. The number of fused-ring (bicyclic) bond motifs is 2. The second-order valence-electron chi connectivity index (χ2n) is 19.8. The van der Waals surface area contributed by atoms with Crippen molar-refractivity contribution in [3.05, 3.63) is 181 Å². The van der Waals surface area contributed by atoms with Gasteiger partial charge in [-0.1, -0.05) is 187 Å². The van der Waals surface area contributed by atoms with Crippen LogP contribution >= 0.6 is 15.1 Å². The molecule has 2 aliphatic rings. The number of benzene rings is 8. The van der Waals surface area contributed by atoms with E-state index in [9.17, 15) is 4.57 Å². The Morgan fingerprint density at radius 1 is 0.478 bits per heavy atom. The molecule has 0 spiro atoms. The average molecular weight is 949 g/mol. The second-order valence-corrected chi connectivity index (χ2v) is 26.3. The fourth-order valence-corrected chi connectivity index (χ4v) is 14.8. The normalized spacial score (nSPS) is 16.1. The molecule has 350 valence electrons. The van der Waals surface area contributed by atoms with Gasteiger partial charge in [-0.25, -0.2) is 0 Å². The van der Waals surface area contributed by atoms with E-state index in [1.807, 2.05) is 57.2 Å². The largest absolute Gasteiger partial charge is 0.495 e. The molecular formula is C62H62O5P2. The number of hydrogen-bond acceptors (Lipinski definition) is 5. The zero-order valence-electron chi connectivity index (χ0n) is 41.5. The van der Waals surface area contributed by atoms with Crippen molar-refractivity contribution in [2.24, 2.45) is 0 Å². The third-order valence-corrected chi connectivity index (χ3v) is 20.5. The molecule has 0 amide bonds. The molecule has 0 saturated carbocycles. The number of methoxy groups -OCH3 is 2. The zero-order chi connectivity index (χ0) is 48.7. The van der Waals surface area contributed by atoms with E-state index in [0.717, 1.165) is 79.0 Å². The van der Waals surface area contributed by atoms with E-state index in [-0.39, 0.29) is 11.5 Å². The molecule has 0 aromatic heterocycles. The molecular weight excluding hydrogens is 887 g/mol. The molecule has 0 radical (unpaired) electrons. The summed E-state index contributed by atoms with van der Waals surface area (Å²) in [4.78, 5) is 0. The molecule has 10 rings (SSSR count). The first-order chi connectivity index (χ1) is 33.2. The molecule has 0 bridgehead atoms. The van der Waals surface area contributed by atoms with Gasteiger partial charge >= 0.3 is 0 Å². The Labute approximate surface area is 410 Å². The van der Waals surface area contributed by atoms with Crippen molar-refractivity contribution in [3.8, 4) is 89.8 Å². The van der Waals surface area contributed by atoms with Crippen LogP contribution in [0.2, 0.25) is 0 Å². The summed E-state index contributed by atoms with van der Waals surface area (Å²) < 4.78 is 39.1. The molecule has 8 aromatic rings. The van der Waals surface area contributed by atoms with Crippen molar-refractivity contribution in [2.45, 2.75) is 65.7 Å². The first-order valence-electron chi connectivity index (χ1n) is 23.7. The van der Waals surface area contributed by atoms with Gasteiger partial charge in [0.2, 0.25) is 0 Å². The highest BCUT2D eigenvalue weighted by Gasteiger charge is 2.47. The van der Waals surface area contributed by atoms with Crippen LogP contribution in [0.5, 0.6) is 23.0 Å². The Hall–Kier alpha value is -6.38. The molecule has 0 fully saturated rings. The highest BCUT2D eigenvalue weighted by atomic mass is 31.2. The van der Waals surface area contributed by atoms with E-state index < -0.39 is 20.2 Å². The highest BCUT2D eigenvalue weighted by molar-refractivity contribution is 7.73. The molecule has 7 heteroatoms. The van der Waals surface area contributed by atoms with Crippen LogP contribution in [0, 0.1) is 13.8 Å². The van der Waals surface area contributed by atoms with Gasteiger partial charge in [-0.2, -0.15) is 0 Å². The molecule has 0 unspecified atom stereocenters. The molecule has 2 heterocycles. The van der Waals surface area contributed by atoms with Gasteiger partial charge < -0.3 is 23.5 Å². The maximum atomic E-state index is 14.5. The van der Waals surface area contributed by atoms with Crippen molar-refractivity contribution >= 4 is 25.7 Å². The minimum absolute atomic E-state index is 0.150. The van der Waals surface area contributed by atoms with Gasteiger partial charge in [0.1, 0.15) is 35.7 Å². The summed E-state index contributed by atoms with van der Waals surface area (Å²) in [5.41, 5.74) is 15.7. The van der Waals surface area contributed by atoms with E-state index in [4.69, 9.17) is 18.9 Å². The molecule has 69 heavy (non-hydrogen) atoms. The van der Waals surface area contributed by atoms with Gasteiger partial charge in [0.05, 0.1) is 19.5 Å². The lowest BCUT2D eigenvalue weighted by atomic mass is 9.87. The summed E-state index contributed by atoms with van der Waals surface area (Å²) in [5.74, 6) is 3.45. The summed E-state index contributed by atoms with van der Waals surface area (Å²) in [6.45, 7) is 17.5. The van der Waals surface area contributed by atoms with E-state index in [1.165, 1.54) is 33.1 Å². The lowest BCUT2D eigenvalue weighted by molar-refractivity contribution is 0.389. The Morgan fingerprint density at radius 2 is 0.884 bits per heavy atom. The Balaban J connectivity index is 0.000000172. The molecule has 5 nitrogen and oxygen atoms in total.